The van der Waals surface area contributed by atoms with Gasteiger partial charge in [0.15, 0.2) is 5.82 Å². The third-order valence-corrected chi connectivity index (χ3v) is 5.24. The summed E-state index contributed by atoms with van der Waals surface area (Å²) < 4.78 is 1.93. The van der Waals surface area contributed by atoms with Crippen LogP contribution in [0, 0.1) is 5.92 Å². The Hall–Kier alpha value is -2.12. The maximum atomic E-state index is 12.2. The molecule has 2 unspecified atom stereocenters. The number of aromatic nitrogens is 3. The van der Waals surface area contributed by atoms with Gasteiger partial charge in [0.25, 0.3) is 0 Å². The smallest absolute Gasteiger partial charge is 0.315 e. The number of carbonyl (C=O) groups excluding carboxylic acids is 2. The van der Waals surface area contributed by atoms with E-state index in [0.29, 0.717) is 24.9 Å². The second-order valence-electron chi connectivity index (χ2n) is 7.79. The highest BCUT2D eigenvalue weighted by Crippen LogP contribution is 2.17. The van der Waals surface area contributed by atoms with Crippen molar-refractivity contribution in [2.75, 3.05) is 19.6 Å². The number of amides is 3. The largest absolute Gasteiger partial charge is 0.343 e. The Morgan fingerprint density at radius 3 is 2.81 bits per heavy atom. The van der Waals surface area contributed by atoms with Crippen molar-refractivity contribution in [1.29, 1.82) is 0 Å². The summed E-state index contributed by atoms with van der Waals surface area (Å²) in [6.07, 6.45) is 3.77. The lowest BCUT2D eigenvalue weighted by Gasteiger charge is -2.32. The van der Waals surface area contributed by atoms with E-state index in [1.165, 1.54) is 0 Å². The summed E-state index contributed by atoms with van der Waals surface area (Å²) in [5, 5.41) is 10.6. The normalized spacial score (nSPS) is 22.8. The number of piperidine rings is 1. The number of rotatable bonds is 4. The van der Waals surface area contributed by atoms with Gasteiger partial charge in [-0.2, -0.15) is 5.10 Å². The minimum Gasteiger partial charge on any atom is -0.343 e. The molecule has 1 aromatic heterocycles. The summed E-state index contributed by atoms with van der Waals surface area (Å²) >= 11 is 0. The minimum absolute atomic E-state index is 0.0734. The quantitative estimate of drug-likeness (QED) is 0.844. The molecule has 2 aliphatic heterocycles. The number of nitrogens with one attached hydrogen (secondary N) is 2. The molecule has 2 aliphatic rings. The van der Waals surface area contributed by atoms with Gasteiger partial charge in [0.1, 0.15) is 5.82 Å². The maximum absolute atomic E-state index is 12.2. The van der Waals surface area contributed by atoms with Crippen LogP contribution in [-0.2, 0) is 17.8 Å². The van der Waals surface area contributed by atoms with Crippen molar-refractivity contribution in [3.05, 3.63) is 11.6 Å². The lowest BCUT2D eigenvalue weighted by molar-refractivity contribution is -0.130. The van der Waals surface area contributed by atoms with E-state index < -0.39 is 0 Å². The van der Waals surface area contributed by atoms with Crippen molar-refractivity contribution in [2.45, 2.75) is 65.0 Å². The standard InChI is InChI=1S/C18H30N6O2/c1-12(2)17-21-16-7-6-15(11-24(16)22-17)20-18(26)19-9-14-5-4-8-23(10-14)13(3)25/h12,14-15H,4-11H2,1-3H3,(H2,19,20,26). The highest BCUT2D eigenvalue weighted by molar-refractivity contribution is 5.74. The Bertz CT molecular complexity index is 656. The summed E-state index contributed by atoms with van der Waals surface area (Å²) in [7, 11) is 0. The summed E-state index contributed by atoms with van der Waals surface area (Å²) in [6.45, 7) is 8.62. The monoisotopic (exact) mass is 362 g/mol. The summed E-state index contributed by atoms with van der Waals surface area (Å²) in [4.78, 5) is 30.2. The Morgan fingerprint density at radius 2 is 2.08 bits per heavy atom. The molecule has 0 spiro atoms. The summed E-state index contributed by atoms with van der Waals surface area (Å²) in [6, 6.07) is -0.0631. The predicted octanol–water partition coefficient (Wildman–Crippen LogP) is 1.27. The molecular formula is C18H30N6O2. The number of likely N-dealkylation sites (tertiary alicyclic amines) is 1. The van der Waals surface area contributed by atoms with Gasteiger partial charge in [-0.1, -0.05) is 13.8 Å². The third-order valence-electron chi connectivity index (χ3n) is 5.24. The maximum Gasteiger partial charge on any atom is 0.315 e. The highest BCUT2D eigenvalue weighted by atomic mass is 16.2. The number of fused-ring (bicyclic) bond motifs is 1. The number of aryl methyl sites for hydroxylation is 1. The van der Waals surface area contributed by atoms with Gasteiger partial charge in [-0.05, 0) is 25.2 Å². The van der Waals surface area contributed by atoms with Crippen molar-refractivity contribution in [1.82, 2.24) is 30.3 Å². The zero-order chi connectivity index (χ0) is 18.7. The van der Waals surface area contributed by atoms with Crippen LogP contribution in [0.25, 0.3) is 0 Å². The van der Waals surface area contributed by atoms with Crippen LogP contribution in [0.15, 0.2) is 0 Å². The summed E-state index contributed by atoms with van der Waals surface area (Å²) in [5.74, 6) is 2.65. The van der Waals surface area contributed by atoms with Crippen LogP contribution in [0.5, 0.6) is 0 Å². The minimum atomic E-state index is -0.136. The Kier molecular flexibility index (Phi) is 5.78. The molecule has 3 amide bonds. The molecule has 8 heteroatoms. The SMILES string of the molecule is CC(=O)N1CCCC(CNC(=O)NC2CCc3nc(C(C)C)nn3C2)C1. The predicted molar refractivity (Wildman–Crippen MR) is 97.7 cm³/mol. The van der Waals surface area contributed by atoms with Gasteiger partial charge in [-0.25, -0.2) is 14.5 Å². The fourth-order valence-electron chi connectivity index (χ4n) is 3.68. The van der Waals surface area contributed by atoms with E-state index in [1.807, 2.05) is 9.58 Å². The lowest BCUT2D eigenvalue weighted by atomic mass is 9.98. The van der Waals surface area contributed by atoms with E-state index in [2.05, 4.69) is 34.6 Å². The summed E-state index contributed by atoms with van der Waals surface area (Å²) in [5.41, 5.74) is 0. The van der Waals surface area contributed by atoms with Crippen LogP contribution in [0.1, 0.15) is 57.6 Å². The van der Waals surface area contributed by atoms with Gasteiger partial charge >= 0.3 is 6.03 Å². The third kappa shape index (κ3) is 4.53. The molecule has 1 saturated heterocycles. The van der Waals surface area contributed by atoms with E-state index in [9.17, 15) is 9.59 Å². The van der Waals surface area contributed by atoms with Crippen LogP contribution in [-0.4, -0.2) is 57.3 Å². The van der Waals surface area contributed by atoms with E-state index in [4.69, 9.17) is 0 Å². The van der Waals surface area contributed by atoms with Crippen molar-refractivity contribution in [3.8, 4) is 0 Å². The molecule has 2 atom stereocenters. The molecule has 3 heterocycles. The molecular weight excluding hydrogens is 332 g/mol. The molecule has 3 rings (SSSR count). The number of hydrogen-bond acceptors (Lipinski definition) is 4. The topological polar surface area (TPSA) is 92.2 Å². The Balaban J connectivity index is 1.44. The molecule has 144 valence electrons. The van der Waals surface area contributed by atoms with Crippen molar-refractivity contribution in [3.63, 3.8) is 0 Å². The fourth-order valence-corrected chi connectivity index (χ4v) is 3.68. The van der Waals surface area contributed by atoms with E-state index in [0.717, 1.165) is 50.4 Å². The molecule has 8 nitrogen and oxygen atoms in total. The lowest BCUT2D eigenvalue weighted by Crippen LogP contribution is -2.48. The molecule has 0 radical (unpaired) electrons. The van der Waals surface area contributed by atoms with Gasteiger partial charge in [0, 0.05) is 38.9 Å². The molecule has 2 N–H and O–H groups in total. The number of urea groups is 1. The molecule has 1 fully saturated rings. The number of carbonyl (C=O) groups is 2. The number of nitrogens with zero attached hydrogens (tertiary/aromatic N) is 4. The first-order chi connectivity index (χ1) is 12.4. The molecule has 0 bridgehead atoms. The molecule has 1 aromatic rings. The van der Waals surface area contributed by atoms with Gasteiger partial charge in [0.2, 0.25) is 5.91 Å². The molecule has 0 aliphatic carbocycles. The van der Waals surface area contributed by atoms with E-state index >= 15 is 0 Å². The average Bonchev–Trinajstić information content (AvgIpc) is 3.04. The molecule has 0 aromatic carbocycles. The van der Waals surface area contributed by atoms with Gasteiger partial charge in [-0.15, -0.1) is 0 Å². The number of hydrogen-bond donors (Lipinski definition) is 2. The van der Waals surface area contributed by atoms with Crippen LogP contribution in [0.2, 0.25) is 0 Å². The van der Waals surface area contributed by atoms with Gasteiger partial charge in [0.05, 0.1) is 12.6 Å². The van der Waals surface area contributed by atoms with Crippen LogP contribution >= 0.6 is 0 Å². The van der Waals surface area contributed by atoms with Crippen LogP contribution in [0.4, 0.5) is 4.79 Å². The first-order valence-corrected chi connectivity index (χ1v) is 9.66. The van der Waals surface area contributed by atoms with Gasteiger partial charge < -0.3 is 15.5 Å². The van der Waals surface area contributed by atoms with Crippen molar-refractivity contribution in [2.24, 2.45) is 5.92 Å². The average molecular weight is 362 g/mol. The zero-order valence-corrected chi connectivity index (χ0v) is 16.0. The fraction of sp³-hybridized carbons (Fsp3) is 0.778. The van der Waals surface area contributed by atoms with E-state index in [1.54, 1.807) is 6.92 Å². The second-order valence-corrected chi connectivity index (χ2v) is 7.79. The Labute approximate surface area is 154 Å². The van der Waals surface area contributed by atoms with Crippen molar-refractivity contribution >= 4 is 11.9 Å². The second kappa shape index (κ2) is 8.05. The van der Waals surface area contributed by atoms with Crippen LogP contribution in [0.3, 0.4) is 0 Å². The van der Waals surface area contributed by atoms with Gasteiger partial charge in [-0.3, -0.25) is 4.79 Å². The van der Waals surface area contributed by atoms with Crippen molar-refractivity contribution < 1.29 is 9.59 Å². The highest BCUT2D eigenvalue weighted by Gasteiger charge is 2.25. The van der Waals surface area contributed by atoms with E-state index in [-0.39, 0.29) is 18.0 Å². The molecule has 0 saturated carbocycles. The zero-order valence-electron chi connectivity index (χ0n) is 16.0. The first kappa shape index (κ1) is 18.7. The van der Waals surface area contributed by atoms with Crippen LogP contribution < -0.4 is 10.6 Å². The Morgan fingerprint density at radius 1 is 1.27 bits per heavy atom. The first-order valence-electron chi connectivity index (χ1n) is 9.66. The molecule has 26 heavy (non-hydrogen) atoms.